The second-order valence-corrected chi connectivity index (χ2v) is 5.04. The van der Waals surface area contributed by atoms with Crippen LogP contribution < -0.4 is 16.2 Å². The molecule has 1 aromatic carbocycles. The van der Waals surface area contributed by atoms with Crippen LogP contribution in [0.2, 0.25) is 0 Å². The molecule has 6 heteroatoms. The van der Waals surface area contributed by atoms with Gasteiger partial charge in [0.15, 0.2) is 0 Å². The number of pyridine rings is 1. The highest BCUT2D eigenvalue weighted by atomic mass is 35.5. The van der Waals surface area contributed by atoms with Crippen molar-refractivity contribution < 1.29 is 4.79 Å². The van der Waals surface area contributed by atoms with Crippen LogP contribution in [0.1, 0.15) is 22.8 Å². The number of amides is 1. The van der Waals surface area contributed by atoms with Crippen molar-refractivity contribution in [2.24, 2.45) is 0 Å². The Labute approximate surface area is 134 Å². The summed E-state index contributed by atoms with van der Waals surface area (Å²) in [5, 5.41) is 6.10. The Bertz CT molecular complexity index is 755. The number of halogens is 1. The van der Waals surface area contributed by atoms with E-state index in [9.17, 15) is 9.59 Å². The van der Waals surface area contributed by atoms with E-state index in [2.05, 4.69) is 10.6 Å². The molecule has 5 nitrogen and oxygen atoms in total. The summed E-state index contributed by atoms with van der Waals surface area (Å²) in [6.45, 7) is 3.38. The molecule has 1 amide bonds. The van der Waals surface area contributed by atoms with E-state index < -0.39 is 0 Å². The van der Waals surface area contributed by atoms with Crippen LogP contribution >= 0.6 is 12.4 Å². The van der Waals surface area contributed by atoms with Crippen molar-refractivity contribution in [2.45, 2.75) is 19.9 Å². The summed E-state index contributed by atoms with van der Waals surface area (Å²) in [5.74, 6) is -0.161. The molecule has 0 fully saturated rings. The Morgan fingerprint density at radius 3 is 2.91 bits per heavy atom. The minimum absolute atomic E-state index is 0. The molecule has 0 unspecified atom stereocenters. The molecule has 2 heterocycles. The number of carbonyl (C=O) groups excluding carboxylic acids is 1. The Kier molecular flexibility index (Phi) is 4.88. The van der Waals surface area contributed by atoms with Crippen molar-refractivity contribution in [3.8, 4) is 0 Å². The van der Waals surface area contributed by atoms with Crippen LogP contribution in [0.4, 0.5) is 11.4 Å². The molecule has 3 rings (SSSR count). The van der Waals surface area contributed by atoms with Crippen LogP contribution in [0.15, 0.2) is 41.3 Å². The van der Waals surface area contributed by atoms with Gasteiger partial charge in [0, 0.05) is 36.6 Å². The molecule has 0 aliphatic carbocycles. The average molecular weight is 320 g/mol. The largest absolute Gasteiger partial charge is 0.384 e. The quantitative estimate of drug-likeness (QED) is 0.913. The number of anilines is 2. The lowest BCUT2D eigenvalue weighted by Gasteiger charge is -2.09. The molecule has 0 saturated heterocycles. The van der Waals surface area contributed by atoms with Gasteiger partial charge in [-0.05, 0) is 43.2 Å². The lowest BCUT2D eigenvalue weighted by molar-refractivity contribution is 0.102. The summed E-state index contributed by atoms with van der Waals surface area (Å²) in [7, 11) is 0. The van der Waals surface area contributed by atoms with Crippen LogP contribution in [-0.2, 0) is 13.0 Å². The van der Waals surface area contributed by atoms with Crippen LogP contribution in [0.25, 0.3) is 0 Å². The zero-order valence-electron chi connectivity index (χ0n) is 12.3. The zero-order valence-corrected chi connectivity index (χ0v) is 13.1. The maximum Gasteiger partial charge on any atom is 0.255 e. The summed E-state index contributed by atoms with van der Waals surface area (Å²) in [6.07, 6.45) is 2.60. The number of hydrogen-bond donors (Lipinski definition) is 2. The van der Waals surface area contributed by atoms with E-state index >= 15 is 0 Å². The van der Waals surface area contributed by atoms with E-state index in [1.807, 2.05) is 25.1 Å². The van der Waals surface area contributed by atoms with Gasteiger partial charge in [-0.1, -0.05) is 0 Å². The maximum absolute atomic E-state index is 12.3. The van der Waals surface area contributed by atoms with Crippen molar-refractivity contribution >= 4 is 29.7 Å². The van der Waals surface area contributed by atoms with Crippen molar-refractivity contribution in [2.75, 3.05) is 17.2 Å². The third-order valence-corrected chi connectivity index (χ3v) is 3.66. The van der Waals surface area contributed by atoms with Gasteiger partial charge in [0.1, 0.15) is 0 Å². The molecule has 0 bridgehead atoms. The highest BCUT2D eigenvalue weighted by Gasteiger charge is 2.13. The first kappa shape index (κ1) is 16.1. The predicted octanol–water partition coefficient (Wildman–Crippen LogP) is 2.51. The third-order valence-electron chi connectivity index (χ3n) is 3.66. The fourth-order valence-electron chi connectivity index (χ4n) is 2.50. The fourth-order valence-corrected chi connectivity index (χ4v) is 2.50. The first-order valence-electron chi connectivity index (χ1n) is 7.06. The molecule has 0 saturated carbocycles. The molecule has 116 valence electrons. The van der Waals surface area contributed by atoms with Gasteiger partial charge in [0.25, 0.3) is 11.5 Å². The van der Waals surface area contributed by atoms with Gasteiger partial charge in [0.2, 0.25) is 0 Å². The summed E-state index contributed by atoms with van der Waals surface area (Å²) in [6, 6.07) is 8.75. The summed E-state index contributed by atoms with van der Waals surface area (Å²) in [4.78, 5) is 23.8. The molecule has 2 N–H and O–H groups in total. The minimum atomic E-state index is -0.161. The molecule has 1 aliphatic heterocycles. The number of aryl methyl sites for hydroxylation is 1. The van der Waals surface area contributed by atoms with Gasteiger partial charge < -0.3 is 15.2 Å². The standard InChI is InChI=1S/C16H17N3O2.ClH/c1-2-19-10-13(4-6-15(19)20)18-16(21)12-3-5-14-11(9-12)7-8-17-14;/h3-6,9-10,17H,2,7-8H2,1H3,(H,18,21);1H. The van der Waals surface area contributed by atoms with E-state index in [1.54, 1.807) is 16.8 Å². The van der Waals surface area contributed by atoms with Crippen molar-refractivity contribution in [3.05, 3.63) is 58.0 Å². The van der Waals surface area contributed by atoms with Crippen molar-refractivity contribution in [3.63, 3.8) is 0 Å². The lowest BCUT2D eigenvalue weighted by Crippen LogP contribution is -2.19. The second-order valence-electron chi connectivity index (χ2n) is 5.04. The number of aromatic nitrogens is 1. The molecule has 22 heavy (non-hydrogen) atoms. The van der Waals surface area contributed by atoms with Crippen molar-refractivity contribution in [1.29, 1.82) is 0 Å². The molecular formula is C16H18ClN3O2. The Morgan fingerprint density at radius 2 is 2.14 bits per heavy atom. The highest BCUT2D eigenvalue weighted by Crippen LogP contribution is 2.23. The number of fused-ring (bicyclic) bond motifs is 1. The average Bonchev–Trinajstić information content (AvgIpc) is 2.96. The highest BCUT2D eigenvalue weighted by molar-refractivity contribution is 6.04. The number of rotatable bonds is 3. The maximum atomic E-state index is 12.3. The monoisotopic (exact) mass is 319 g/mol. The third kappa shape index (κ3) is 3.14. The summed E-state index contributed by atoms with van der Waals surface area (Å²) in [5.41, 5.74) is 3.46. The van der Waals surface area contributed by atoms with E-state index in [4.69, 9.17) is 0 Å². The molecule has 0 atom stereocenters. The van der Waals surface area contributed by atoms with E-state index in [0.717, 1.165) is 18.7 Å². The van der Waals surface area contributed by atoms with Gasteiger partial charge in [0.05, 0.1) is 5.69 Å². The molecule has 1 aliphatic rings. The topological polar surface area (TPSA) is 63.1 Å². The van der Waals surface area contributed by atoms with Crippen molar-refractivity contribution in [1.82, 2.24) is 4.57 Å². The van der Waals surface area contributed by atoms with Crippen LogP contribution in [0.3, 0.4) is 0 Å². The first-order valence-corrected chi connectivity index (χ1v) is 7.06. The van der Waals surface area contributed by atoms with Crippen LogP contribution in [0.5, 0.6) is 0 Å². The Morgan fingerprint density at radius 1 is 1.32 bits per heavy atom. The first-order chi connectivity index (χ1) is 10.2. The van der Waals surface area contributed by atoms with Gasteiger partial charge in [-0.15, -0.1) is 12.4 Å². The number of nitrogens with zero attached hydrogens (tertiary/aromatic N) is 1. The zero-order chi connectivity index (χ0) is 14.8. The van der Waals surface area contributed by atoms with E-state index in [-0.39, 0.29) is 23.9 Å². The SMILES string of the molecule is CCn1cc(NC(=O)c2ccc3c(c2)CCN3)ccc1=O.Cl. The van der Waals surface area contributed by atoms with Crippen LogP contribution in [-0.4, -0.2) is 17.0 Å². The summed E-state index contributed by atoms with van der Waals surface area (Å²) < 4.78 is 1.56. The smallest absolute Gasteiger partial charge is 0.255 e. The Balaban J connectivity index is 0.00000176. The fraction of sp³-hybridized carbons (Fsp3) is 0.250. The molecule has 0 spiro atoms. The molecule has 1 aromatic heterocycles. The second kappa shape index (κ2) is 6.66. The van der Waals surface area contributed by atoms with E-state index in [0.29, 0.717) is 17.8 Å². The number of carbonyl (C=O) groups is 1. The Hall–Kier alpha value is -2.27. The summed E-state index contributed by atoms with van der Waals surface area (Å²) >= 11 is 0. The molecule has 2 aromatic rings. The van der Waals surface area contributed by atoms with Gasteiger partial charge in [-0.2, -0.15) is 0 Å². The van der Waals surface area contributed by atoms with Gasteiger partial charge >= 0.3 is 0 Å². The number of hydrogen-bond acceptors (Lipinski definition) is 3. The number of nitrogens with one attached hydrogen (secondary N) is 2. The van der Waals surface area contributed by atoms with Gasteiger partial charge in [-0.3, -0.25) is 9.59 Å². The molecule has 0 radical (unpaired) electrons. The van der Waals surface area contributed by atoms with Crippen LogP contribution in [0, 0.1) is 0 Å². The minimum Gasteiger partial charge on any atom is -0.384 e. The predicted molar refractivity (Wildman–Crippen MR) is 90.2 cm³/mol. The normalized spacial score (nSPS) is 12.0. The number of benzene rings is 1. The lowest BCUT2D eigenvalue weighted by atomic mass is 10.1. The van der Waals surface area contributed by atoms with E-state index in [1.165, 1.54) is 11.6 Å². The van der Waals surface area contributed by atoms with Gasteiger partial charge in [-0.25, -0.2) is 0 Å². The molecular weight excluding hydrogens is 302 g/mol.